The molecule has 2 aliphatic rings. The third kappa shape index (κ3) is 1.53. The first kappa shape index (κ1) is 10.2. The average Bonchev–Trinajstić information content (AvgIpc) is 3.04. The van der Waals surface area contributed by atoms with Crippen molar-refractivity contribution in [3.63, 3.8) is 0 Å². The SMILES string of the molecule is Cc1nn(C(C)C)c2c1CC[C@@H](C1CC1)N2. The van der Waals surface area contributed by atoms with Gasteiger partial charge >= 0.3 is 0 Å². The minimum absolute atomic E-state index is 0.452. The Kier molecular flexibility index (Phi) is 2.23. The van der Waals surface area contributed by atoms with E-state index in [2.05, 4.69) is 35.9 Å². The molecule has 0 aromatic carbocycles. The van der Waals surface area contributed by atoms with Crippen LogP contribution in [0.2, 0.25) is 0 Å². The van der Waals surface area contributed by atoms with Gasteiger partial charge in [-0.1, -0.05) is 0 Å². The standard InChI is InChI=1S/C13H21N3/c1-8(2)16-13-11(9(3)15-16)6-7-12(14-13)10-4-5-10/h8,10,12,14H,4-7H2,1-3H3/t12-/m0/s1. The van der Waals surface area contributed by atoms with Crippen LogP contribution in [-0.4, -0.2) is 15.8 Å². The lowest BCUT2D eigenvalue weighted by molar-refractivity contribution is 0.511. The van der Waals surface area contributed by atoms with Crippen molar-refractivity contribution in [3.8, 4) is 0 Å². The van der Waals surface area contributed by atoms with Gasteiger partial charge < -0.3 is 5.32 Å². The van der Waals surface area contributed by atoms with Crippen molar-refractivity contribution >= 4 is 5.82 Å². The Morgan fingerprint density at radius 1 is 1.31 bits per heavy atom. The van der Waals surface area contributed by atoms with E-state index in [4.69, 9.17) is 0 Å². The third-order valence-corrected chi connectivity index (χ3v) is 3.92. The molecule has 1 fully saturated rings. The summed E-state index contributed by atoms with van der Waals surface area (Å²) in [5, 5.41) is 8.39. The summed E-state index contributed by atoms with van der Waals surface area (Å²) in [6.07, 6.45) is 5.34. The molecule has 3 rings (SSSR count). The molecule has 1 N–H and O–H groups in total. The number of nitrogens with zero attached hydrogens (tertiary/aromatic N) is 2. The lowest BCUT2D eigenvalue weighted by Gasteiger charge is -2.26. The Morgan fingerprint density at radius 2 is 2.06 bits per heavy atom. The first-order valence-electron chi connectivity index (χ1n) is 6.51. The number of hydrogen-bond acceptors (Lipinski definition) is 2. The maximum atomic E-state index is 4.66. The Balaban J connectivity index is 1.94. The second-order valence-electron chi connectivity index (χ2n) is 5.58. The van der Waals surface area contributed by atoms with E-state index in [9.17, 15) is 0 Å². The Hall–Kier alpha value is -0.990. The van der Waals surface area contributed by atoms with E-state index in [-0.39, 0.29) is 0 Å². The molecule has 1 aliphatic heterocycles. The molecule has 1 atom stereocenters. The number of rotatable bonds is 2. The second kappa shape index (κ2) is 3.51. The molecule has 1 aromatic heterocycles. The molecule has 0 radical (unpaired) electrons. The number of aryl methyl sites for hydroxylation is 1. The van der Waals surface area contributed by atoms with Crippen molar-refractivity contribution in [2.45, 2.75) is 58.5 Å². The van der Waals surface area contributed by atoms with Crippen LogP contribution >= 0.6 is 0 Å². The smallest absolute Gasteiger partial charge is 0.128 e. The fourth-order valence-electron chi connectivity index (χ4n) is 2.81. The lowest BCUT2D eigenvalue weighted by Crippen LogP contribution is -2.29. The van der Waals surface area contributed by atoms with Crippen LogP contribution in [0.25, 0.3) is 0 Å². The van der Waals surface area contributed by atoms with Crippen molar-refractivity contribution in [1.29, 1.82) is 0 Å². The van der Waals surface area contributed by atoms with Crippen molar-refractivity contribution in [2.24, 2.45) is 5.92 Å². The summed E-state index contributed by atoms with van der Waals surface area (Å²) in [6, 6.07) is 1.16. The highest BCUT2D eigenvalue weighted by Crippen LogP contribution is 2.40. The van der Waals surface area contributed by atoms with Crippen LogP contribution < -0.4 is 5.32 Å². The summed E-state index contributed by atoms with van der Waals surface area (Å²) in [6.45, 7) is 6.54. The van der Waals surface area contributed by atoms with E-state index in [1.807, 2.05) is 0 Å². The molecule has 16 heavy (non-hydrogen) atoms. The monoisotopic (exact) mass is 219 g/mol. The van der Waals surface area contributed by atoms with Gasteiger partial charge in [-0.3, -0.25) is 0 Å². The quantitative estimate of drug-likeness (QED) is 0.829. The highest BCUT2D eigenvalue weighted by Gasteiger charge is 2.35. The third-order valence-electron chi connectivity index (χ3n) is 3.92. The average molecular weight is 219 g/mol. The van der Waals surface area contributed by atoms with Crippen molar-refractivity contribution in [1.82, 2.24) is 9.78 Å². The molecule has 3 heteroatoms. The van der Waals surface area contributed by atoms with Crippen molar-refractivity contribution < 1.29 is 0 Å². The minimum Gasteiger partial charge on any atom is -0.367 e. The van der Waals surface area contributed by atoms with Gasteiger partial charge in [-0.25, -0.2) is 4.68 Å². The van der Waals surface area contributed by atoms with Gasteiger partial charge in [0.1, 0.15) is 5.82 Å². The van der Waals surface area contributed by atoms with Crippen LogP contribution in [0.4, 0.5) is 5.82 Å². The predicted octanol–water partition coefficient (Wildman–Crippen LogP) is 2.91. The fourth-order valence-corrected chi connectivity index (χ4v) is 2.81. The van der Waals surface area contributed by atoms with Gasteiger partial charge in [-0.2, -0.15) is 5.10 Å². The van der Waals surface area contributed by atoms with Gasteiger partial charge in [0, 0.05) is 17.6 Å². The van der Waals surface area contributed by atoms with Crippen LogP contribution in [0.3, 0.4) is 0 Å². The van der Waals surface area contributed by atoms with Crippen molar-refractivity contribution in [3.05, 3.63) is 11.3 Å². The number of nitrogens with one attached hydrogen (secondary N) is 1. The summed E-state index contributed by atoms with van der Waals surface area (Å²) >= 11 is 0. The maximum absolute atomic E-state index is 4.66. The molecular formula is C13H21N3. The zero-order valence-electron chi connectivity index (χ0n) is 10.5. The van der Waals surface area contributed by atoms with Crippen molar-refractivity contribution in [2.75, 3.05) is 5.32 Å². The largest absolute Gasteiger partial charge is 0.367 e. The van der Waals surface area contributed by atoms with E-state index in [1.54, 1.807) is 0 Å². The van der Waals surface area contributed by atoms with Gasteiger partial charge in [-0.05, 0) is 52.4 Å². The van der Waals surface area contributed by atoms with Crippen LogP contribution in [0, 0.1) is 12.8 Å². The molecule has 88 valence electrons. The van der Waals surface area contributed by atoms with Gasteiger partial charge in [0.2, 0.25) is 0 Å². The number of anilines is 1. The number of hydrogen-bond donors (Lipinski definition) is 1. The van der Waals surface area contributed by atoms with E-state index in [1.165, 1.54) is 42.8 Å². The molecule has 0 bridgehead atoms. The van der Waals surface area contributed by atoms with E-state index in [0.717, 1.165) is 5.92 Å². The Morgan fingerprint density at radius 3 is 2.69 bits per heavy atom. The molecule has 1 aliphatic carbocycles. The predicted molar refractivity (Wildman–Crippen MR) is 65.8 cm³/mol. The summed E-state index contributed by atoms with van der Waals surface area (Å²) in [4.78, 5) is 0. The fraction of sp³-hybridized carbons (Fsp3) is 0.769. The molecule has 0 saturated heterocycles. The van der Waals surface area contributed by atoms with Gasteiger partial charge in [0.15, 0.2) is 0 Å². The van der Waals surface area contributed by atoms with Crippen LogP contribution in [0.15, 0.2) is 0 Å². The first-order chi connectivity index (χ1) is 7.66. The zero-order chi connectivity index (χ0) is 11.3. The van der Waals surface area contributed by atoms with Crippen LogP contribution in [-0.2, 0) is 6.42 Å². The van der Waals surface area contributed by atoms with E-state index < -0.39 is 0 Å². The number of fused-ring (bicyclic) bond motifs is 1. The molecule has 3 nitrogen and oxygen atoms in total. The van der Waals surface area contributed by atoms with E-state index >= 15 is 0 Å². The summed E-state index contributed by atoms with van der Waals surface area (Å²) < 4.78 is 2.17. The molecule has 2 heterocycles. The molecule has 0 unspecified atom stereocenters. The molecule has 1 saturated carbocycles. The summed E-state index contributed by atoms with van der Waals surface area (Å²) in [5.74, 6) is 2.24. The summed E-state index contributed by atoms with van der Waals surface area (Å²) in [7, 11) is 0. The summed E-state index contributed by atoms with van der Waals surface area (Å²) in [5.41, 5.74) is 2.66. The van der Waals surface area contributed by atoms with Gasteiger partial charge in [-0.15, -0.1) is 0 Å². The normalized spacial score (nSPS) is 24.4. The van der Waals surface area contributed by atoms with Gasteiger partial charge in [0.05, 0.1) is 5.69 Å². The lowest BCUT2D eigenvalue weighted by atomic mass is 9.97. The maximum Gasteiger partial charge on any atom is 0.128 e. The Bertz CT molecular complexity index is 402. The Labute approximate surface area is 97.2 Å². The minimum atomic E-state index is 0.452. The first-order valence-corrected chi connectivity index (χ1v) is 6.51. The zero-order valence-corrected chi connectivity index (χ0v) is 10.5. The van der Waals surface area contributed by atoms with Crippen LogP contribution in [0.5, 0.6) is 0 Å². The van der Waals surface area contributed by atoms with E-state index in [0.29, 0.717) is 12.1 Å². The highest BCUT2D eigenvalue weighted by molar-refractivity contribution is 5.51. The second-order valence-corrected chi connectivity index (χ2v) is 5.58. The topological polar surface area (TPSA) is 29.9 Å². The van der Waals surface area contributed by atoms with Crippen LogP contribution in [0.1, 0.15) is 50.4 Å². The molecule has 0 amide bonds. The molecular weight excluding hydrogens is 198 g/mol. The molecule has 0 spiro atoms. The van der Waals surface area contributed by atoms with Gasteiger partial charge in [0.25, 0.3) is 0 Å². The number of aromatic nitrogens is 2. The highest BCUT2D eigenvalue weighted by atomic mass is 15.4. The molecule has 1 aromatic rings.